The van der Waals surface area contributed by atoms with Crippen molar-refractivity contribution in [3.05, 3.63) is 41.7 Å². The van der Waals surface area contributed by atoms with Crippen LogP contribution in [0.25, 0.3) is 0 Å². The number of benzene rings is 1. The molecular weight excluding hydrogens is 296 g/mol. The minimum atomic E-state index is -0.547. The third-order valence-electron chi connectivity index (χ3n) is 3.19. The molecule has 0 aliphatic rings. The number of amides is 2. The lowest BCUT2D eigenvalue weighted by Crippen LogP contribution is -2.27. The predicted octanol–water partition coefficient (Wildman–Crippen LogP) is 1.04. The monoisotopic (exact) mass is 316 g/mol. The number of azo groups is 1. The zero-order valence-electron chi connectivity index (χ0n) is 12.9. The summed E-state index contributed by atoms with van der Waals surface area (Å²) in [4.78, 5) is 11.6. The Labute approximate surface area is 133 Å². The average molecular weight is 316 g/mol. The van der Waals surface area contributed by atoms with Crippen LogP contribution in [0.15, 0.2) is 40.7 Å². The van der Waals surface area contributed by atoms with E-state index in [1.54, 1.807) is 23.0 Å². The summed E-state index contributed by atoms with van der Waals surface area (Å²) >= 11 is 0. The van der Waals surface area contributed by atoms with Gasteiger partial charge in [0, 0.05) is 13.1 Å². The number of rotatable bonds is 6. The second kappa shape index (κ2) is 8.11. The van der Waals surface area contributed by atoms with E-state index in [1.807, 2.05) is 19.1 Å². The quantitative estimate of drug-likeness (QED) is 0.684. The minimum absolute atomic E-state index is 0.104. The molecule has 0 radical (unpaired) electrons. The molecule has 9 nitrogen and oxygen atoms in total. The van der Waals surface area contributed by atoms with E-state index in [1.165, 1.54) is 0 Å². The second-order valence-electron chi connectivity index (χ2n) is 5.01. The Morgan fingerprint density at radius 2 is 2.00 bits per heavy atom. The number of hydrogen-bond acceptors (Lipinski definition) is 6. The third-order valence-corrected chi connectivity index (χ3v) is 3.19. The molecule has 5 N–H and O–H groups in total. The van der Waals surface area contributed by atoms with Gasteiger partial charge in [-0.3, -0.25) is 0 Å². The fourth-order valence-electron chi connectivity index (χ4n) is 1.80. The van der Waals surface area contributed by atoms with Crippen LogP contribution in [0.4, 0.5) is 10.5 Å². The number of nitrogens with zero attached hydrogens (tertiary/aromatic N) is 5. The van der Waals surface area contributed by atoms with Gasteiger partial charge in [-0.25, -0.2) is 9.48 Å². The fourth-order valence-corrected chi connectivity index (χ4v) is 1.80. The smallest absolute Gasteiger partial charge is 0.329 e. The molecule has 1 aromatic heterocycles. The van der Waals surface area contributed by atoms with E-state index in [0.29, 0.717) is 24.5 Å². The van der Waals surface area contributed by atoms with Gasteiger partial charge in [-0.1, -0.05) is 28.0 Å². The van der Waals surface area contributed by atoms with E-state index in [-0.39, 0.29) is 12.6 Å². The number of nitrogens with one attached hydrogen (secondary N) is 1. The van der Waals surface area contributed by atoms with Crippen LogP contribution in [0, 0.1) is 6.92 Å². The Kier molecular flexibility index (Phi) is 5.89. The van der Waals surface area contributed by atoms with Crippen LogP contribution in [0.2, 0.25) is 0 Å². The molecule has 122 valence electrons. The van der Waals surface area contributed by atoms with E-state index in [9.17, 15) is 4.79 Å². The lowest BCUT2D eigenvalue weighted by Gasteiger charge is -2.10. The summed E-state index contributed by atoms with van der Waals surface area (Å²) in [5, 5.41) is 17.9. The van der Waals surface area contributed by atoms with Crippen LogP contribution >= 0.6 is 0 Å². The number of aryl methyl sites for hydroxylation is 1. The Hall–Kier alpha value is -2.65. The predicted molar refractivity (Wildman–Crippen MR) is 85.1 cm³/mol. The Balaban J connectivity index is 1.85. The lowest BCUT2D eigenvalue weighted by atomic mass is 10.2. The average Bonchev–Trinajstić information content (AvgIpc) is 3.02. The van der Waals surface area contributed by atoms with Crippen LogP contribution in [-0.4, -0.2) is 34.1 Å². The van der Waals surface area contributed by atoms with Crippen LogP contribution < -0.4 is 16.8 Å². The van der Waals surface area contributed by atoms with Crippen molar-refractivity contribution in [3.63, 3.8) is 0 Å². The van der Waals surface area contributed by atoms with Crippen molar-refractivity contribution < 1.29 is 4.79 Å². The second-order valence-corrected chi connectivity index (χ2v) is 5.01. The Bertz CT molecular complexity index is 660. The van der Waals surface area contributed by atoms with Crippen LogP contribution in [0.3, 0.4) is 0 Å². The van der Waals surface area contributed by atoms with E-state index in [2.05, 4.69) is 25.9 Å². The standard InChI is InChI=1S/C14H20N8O/c1-10-2-4-11(5-3-10)18-20-14(23)17-8-12-9-22(21-19-12)13(6-15)7-16/h2-5,9,13H,6-8,15-16H2,1H3,(H,17,23). The van der Waals surface area contributed by atoms with Gasteiger partial charge in [0.1, 0.15) is 5.69 Å². The van der Waals surface area contributed by atoms with E-state index < -0.39 is 6.03 Å². The molecule has 0 spiro atoms. The highest BCUT2D eigenvalue weighted by atomic mass is 16.2. The van der Waals surface area contributed by atoms with Crippen LogP contribution in [0.5, 0.6) is 0 Å². The molecule has 1 aromatic carbocycles. The first-order chi connectivity index (χ1) is 11.1. The van der Waals surface area contributed by atoms with Gasteiger partial charge in [0.05, 0.1) is 24.5 Å². The van der Waals surface area contributed by atoms with Crippen LogP contribution in [-0.2, 0) is 6.54 Å². The summed E-state index contributed by atoms with van der Waals surface area (Å²) in [5.74, 6) is 0. The zero-order chi connectivity index (χ0) is 16.7. The minimum Gasteiger partial charge on any atom is -0.329 e. The molecular formula is C14H20N8O. The fraction of sp³-hybridized carbons (Fsp3) is 0.357. The number of urea groups is 1. The molecule has 9 heteroatoms. The van der Waals surface area contributed by atoms with E-state index >= 15 is 0 Å². The summed E-state index contributed by atoms with van der Waals surface area (Å²) in [5.41, 5.74) is 13.5. The van der Waals surface area contributed by atoms with Gasteiger partial charge in [0.25, 0.3) is 0 Å². The Morgan fingerprint density at radius 1 is 1.30 bits per heavy atom. The van der Waals surface area contributed by atoms with E-state index in [4.69, 9.17) is 11.5 Å². The van der Waals surface area contributed by atoms with Crippen molar-refractivity contribution in [2.75, 3.05) is 13.1 Å². The number of carbonyl (C=O) groups excluding carboxylic acids is 1. The highest BCUT2D eigenvalue weighted by Crippen LogP contribution is 2.12. The van der Waals surface area contributed by atoms with Gasteiger partial charge in [-0.05, 0) is 19.1 Å². The molecule has 0 aliphatic carbocycles. The Morgan fingerprint density at radius 3 is 2.65 bits per heavy atom. The van der Waals surface area contributed by atoms with Crippen molar-refractivity contribution >= 4 is 11.7 Å². The molecule has 0 saturated carbocycles. The van der Waals surface area contributed by atoms with Crippen molar-refractivity contribution in [1.82, 2.24) is 20.3 Å². The van der Waals surface area contributed by atoms with E-state index in [0.717, 1.165) is 5.56 Å². The maximum atomic E-state index is 11.6. The highest BCUT2D eigenvalue weighted by Gasteiger charge is 2.10. The van der Waals surface area contributed by atoms with Crippen molar-refractivity contribution in [1.29, 1.82) is 0 Å². The maximum absolute atomic E-state index is 11.6. The number of aromatic nitrogens is 3. The largest absolute Gasteiger partial charge is 0.359 e. The molecule has 2 rings (SSSR count). The summed E-state index contributed by atoms with van der Waals surface area (Å²) in [7, 11) is 0. The maximum Gasteiger partial charge on any atom is 0.359 e. The summed E-state index contributed by atoms with van der Waals surface area (Å²) in [6, 6.07) is 6.73. The van der Waals surface area contributed by atoms with Gasteiger partial charge in [0.15, 0.2) is 0 Å². The van der Waals surface area contributed by atoms with Crippen LogP contribution in [0.1, 0.15) is 17.3 Å². The molecule has 0 fully saturated rings. The molecule has 2 aromatic rings. The molecule has 1 heterocycles. The molecule has 0 bridgehead atoms. The van der Waals surface area contributed by atoms with Gasteiger partial charge in [-0.15, -0.1) is 10.2 Å². The van der Waals surface area contributed by atoms with Gasteiger partial charge < -0.3 is 16.8 Å². The molecule has 0 aliphatic heterocycles. The molecule has 0 saturated heterocycles. The first-order valence-electron chi connectivity index (χ1n) is 7.19. The molecule has 0 unspecified atom stereocenters. The van der Waals surface area contributed by atoms with Gasteiger partial charge >= 0.3 is 6.03 Å². The highest BCUT2D eigenvalue weighted by molar-refractivity contribution is 5.74. The number of carbonyl (C=O) groups is 1. The van der Waals surface area contributed by atoms with Gasteiger partial charge in [0.2, 0.25) is 0 Å². The lowest BCUT2D eigenvalue weighted by molar-refractivity contribution is 0.247. The summed E-state index contributed by atoms with van der Waals surface area (Å²) in [6.45, 7) is 2.92. The summed E-state index contributed by atoms with van der Waals surface area (Å²) < 4.78 is 1.59. The first kappa shape index (κ1) is 16.7. The summed E-state index contributed by atoms with van der Waals surface area (Å²) in [6.07, 6.45) is 1.70. The normalized spacial score (nSPS) is 11.3. The van der Waals surface area contributed by atoms with Crippen molar-refractivity contribution in [3.8, 4) is 0 Å². The topological polar surface area (TPSA) is 137 Å². The number of hydrogen-bond donors (Lipinski definition) is 3. The van der Waals surface area contributed by atoms with Crippen molar-refractivity contribution in [2.45, 2.75) is 19.5 Å². The molecule has 0 atom stereocenters. The van der Waals surface area contributed by atoms with Gasteiger partial charge in [-0.2, -0.15) is 0 Å². The SMILES string of the molecule is Cc1ccc(N=NC(=O)NCc2cn(C(CN)CN)nn2)cc1. The third kappa shape index (κ3) is 4.94. The number of nitrogens with two attached hydrogens (primary N) is 2. The zero-order valence-corrected chi connectivity index (χ0v) is 12.9. The first-order valence-corrected chi connectivity index (χ1v) is 7.19. The van der Waals surface area contributed by atoms with Crippen molar-refractivity contribution in [2.24, 2.45) is 21.7 Å². The molecule has 23 heavy (non-hydrogen) atoms. The molecule has 2 amide bonds.